The molecule has 2 rings (SSSR count). The number of nitrogen functional groups attached to an aromatic ring is 1. The van der Waals surface area contributed by atoms with Crippen LogP contribution in [0.15, 0.2) is 18.2 Å². The second kappa shape index (κ2) is 7.36. The number of anilines is 1. The summed E-state index contributed by atoms with van der Waals surface area (Å²) in [6.07, 6.45) is 3.53. The number of benzene rings is 1. The molecule has 0 amide bonds. The summed E-state index contributed by atoms with van der Waals surface area (Å²) < 4.78 is 5.17. The van der Waals surface area contributed by atoms with Gasteiger partial charge in [0.15, 0.2) is 0 Å². The highest BCUT2D eigenvalue weighted by molar-refractivity contribution is 5.54. The SMILES string of the molecule is COc1ccc(CCCN2CCCNCC2)cc1N. The Labute approximate surface area is 115 Å². The van der Waals surface area contributed by atoms with Crippen LogP contribution < -0.4 is 15.8 Å². The molecule has 1 aliphatic rings. The van der Waals surface area contributed by atoms with Crippen LogP contribution in [0.1, 0.15) is 18.4 Å². The summed E-state index contributed by atoms with van der Waals surface area (Å²) in [5.74, 6) is 0.766. The van der Waals surface area contributed by atoms with Gasteiger partial charge in [-0.25, -0.2) is 0 Å². The van der Waals surface area contributed by atoms with Crippen molar-refractivity contribution in [1.29, 1.82) is 0 Å². The molecule has 4 nitrogen and oxygen atoms in total. The van der Waals surface area contributed by atoms with Gasteiger partial charge in [0.25, 0.3) is 0 Å². The van der Waals surface area contributed by atoms with Crippen molar-refractivity contribution in [1.82, 2.24) is 10.2 Å². The fraction of sp³-hybridized carbons (Fsp3) is 0.600. The molecule has 0 spiro atoms. The summed E-state index contributed by atoms with van der Waals surface area (Å²) in [5.41, 5.74) is 7.96. The van der Waals surface area contributed by atoms with Crippen LogP contribution in [0.5, 0.6) is 5.75 Å². The van der Waals surface area contributed by atoms with Gasteiger partial charge in [0.1, 0.15) is 5.75 Å². The van der Waals surface area contributed by atoms with Gasteiger partial charge in [-0.15, -0.1) is 0 Å². The van der Waals surface area contributed by atoms with E-state index in [0.717, 1.165) is 30.9 Å². The van der Waals surface area contributed by atoms with Gasteiger partial charge in [-0.2, -0.15) is 0 Å². The molecule has 1 heterocycles. The summed E-state index contributed by atoms with van der Waals surface area (Å²) in [6.45, 7) is 5.84. The highest BCUT2D eigenvalue weighted by Gasteiger charge is 2.08. The van der Waals surface area contributed by atoms with Crippen molar-refractivity contribution in [3.05, 3.63) is 23.8 Å². The molecule has 1 aliphatic heterocycles. The molecule has 4 heteroatoms. The molecule has 1 fully saturated rings. The number of nitrogens with two attached hydrogens (primary N) is 1. The lowest BCUT2D eigenvalue weighted by atomic mass is 10.1. The third-order valence-corrected chi connectivity index (χ3v) is 3.67. The van der Waals surface area contributed by atoms with Crippen molar-refractivity contribution >= 4 is 5.69 Å². The van der Waals surface area contributed by atoms with Crippen LogP contribution in [0.2, 0.25) is 0 Å². The maximum absolute atomic E-state index is 5.92. The van der Waals surface area contributed by atoms with Gasteiger partial charge >= 0.3 is 0 Å². The van der Waals surface area contributed by atoms with Crippen LogP contribution in [0, 0.1) is 0 Å². The Morgan fingerprint density at radius 3 is 3.00 bits per heavy atom. The first-order chi connectivity index (χ1) is 9.29. The topological polar surface area (TPSA) is 50.5 Å². The first kappa shape index (κ1) is 14.2. The van der Waals surface area contributed by atoms with Crippen LogP contribution in [-0.4, -0.2) is 44.7 Å². The van der Waals surface area contributed by atoms with Gasteiger partial charge in [-0.3, -0.25) is 0 Å². The standard InChI is InChI=1S/C15H25N3O/c1-19-15-6-5-13(12-14(15)16)4-2-9-18-10-3-7-17-8-11-18/h5-6,12,17H,2-4,7-11,16H2,1H3. The van der Waals surface area contributed by atoms with E-state index in [2.05, 4.69) is 16.3 Å². The normalized spacial score (nSPS) is 17.1. The van der Waals surface area contributed by atoms with E-state index >= 15 is 0 Å². The number of rotatable bonds is 5. The fourth-order valence-electron chi connectivity index (χ4n) is 2.57. The lowest BCUT2D eigenvalue weighted by Crippen LogP contribution is -2.29. The van der Waals surface area contributed by atoms with Crippen molar-refractivity contribution in [3.63, 3.8) is 0 Å². The van der Waals surface area contributed by atoms with Crippen LogP contribution in [0.4, 0.5) is 5.69 Å². The van der Waals surface area contributed by atoms with Gasteiger partial charge in [0.05, 0.1) is 12.8 Å². The molecular formula is C15H25N3O. The minimum absolute atomic E-state index is 0.735. The minimum Gasteiger partial charge on any atom is -0.495 e. The van der Waals surface area contributed by atoms with E-state index in [-0.39, 0.29) is 0 Å². The van der Waals surface area contributed by atoms with E-state index in [1.807, 2.05) is 12.1 Å². The lowest BCUT2D eigenvalue weighted by molar-refractivity contribution is 0.289. The molecule has 0 unspecified atom stereocenters. The predicted molar refractivity (Wildman–Crippen MR) is 79.7 cm³/mol. The number of nitrogens with one attached hydrogen (secondary N) is 1. The molecule has 0 bridgehead atoms. The highest BCUT2D eigenvalue weighted by atomic mass is 16.5. The molecule has 0 saturated carbocycles. The van der Waals surface area contributed by atoms with E-state index < -0.39 is 0 Å². The number of hydrogen-bond donors (Lipinski definition) is 2. The number of methoxy groups -OCH3 is 1. The Bertz CT molecular complexity index is 387. The average Bonchev–Trinajstić information content (AvgIpc) is 2.68. The monoisotopic (exact) mass is 263 g/mol. The third-order valence-electron chi connectivity index (χ3n) is 3.67. The lowest BCUT2D eigenvalue weighted by Gasteiger charge is -2.19. The Morgan fingerprint density at radius 1 is 1.32 bits per heavy atom. The van der Waals surface area contributed by atoms with Crippen molar-refractivity contribution < 1.29 is 4.74 Å². The number of nitrogens with zero attached hydrogens (tertiary/aromatic N) is 1. The molecule has 0 radical (unpaired) electrons. The van der Waals surface area contributed by atoms with E-state index in [1.165, 1.54) is 38.0 Å². The maximum Gasteiger partial charge on any atom is 0.141 e. The van der Waals surface area contributed by atoms with E-state index in [9.17, 15) is 0 Å². The van der Waals surface area contributed by atoms with Gasteiger partial charge in [0, 0.05) is 13.1 Å². The minimum atomic E-state index is 0.735. The second-order valence-corrected chi connectivity index (χ2v) is 5.13. The highest BCUT2D eigenvalue weighted by Crippen LogP contribution is 2.22. The molecule has 106 valence electrons. The van der Waals surface area contributed by atoms with Crippen molar-refractivity contribution in [2.75, 3.05) is 45.6 Å². The van der Waals surface area contributed by atoms with Crippen molar-refractivity contribution in [3.8, 4) is 5.75 Å². The Kier molecular flexibility index (Phi) is 5.48. The Morgan fingerprint density at radius 2 is 2.21 bits per heavy atom. The van der Waals surface area contributed by atoms with Crippen LogP contribution >= 0.6 is 0 Å². The van der Waals surface area contributed by atoms with Crippen LogP contribution in [0.25, 0.3) is 0 Å². The van der Waals surface area contributed by atoms with Crippen molar-refractivity contribution in [2.45, 2.75) is 19.3 Å². The molecule has 0 aromatic heterocycles. The first-order valence-electron chi connectivity index (χ1n) is 7.15. The van der Waals surface area contributed by atoms with Gasteiger partial charge in [-0.1, -0.05) is 6.07 Å². The molecule has 1 aromatic carbocycles. The number of hydrogen-bond acceptors (Lipinski definition) is 4. The molecule has 0 atom stereocenters. The molecule has 1 aromatic rings. The summed E-state index contributed by atoms with van der Waals surface area (Å²) in [5, 5.41) is 3.43. The zero-order valence-corrected chi connectivity index (χ0v) is 11.8. The largest absolute Gasteiger partial charge is 0.495 e. The zero-order valence-electron chi connectivity index (χ0n) is 11.8. The van der Waals surface area contributed by atoms with Gasteiger partial charge in [-0.05, 0) is 56.6 Å². The summed E-state index contributed by atoms with van der Waals surface area (Å²) in [4.78, 5) is 2.55. The Hall–Kier alpha value is -1.26. The third kappa shape index (κ3) is 4.40. The number of ether oxygens (including phenoxy) is 1. The quantitative estimate of drug-likeness (QED) is 0.791. The smallest absolute Gasteiger partial charge is 0.141 e. The van der Waals surface area contributed by atoms with E-state index in [4.69, 9.17) is 10.5 Å². The summed E-state index contributed by atoms with van der Waals surface area (Å²) >= 11 is 0. The summed E-state index contributed by atoms with van der Waals surface area (Å²) in [6, 6.07) is 6.10. The molecular weight excluding hydrogens is 238 g/mol. The van der Waals surface area contributed by atoms with E-state index in [1.54, 1.807) is 7.11 Å². The van der Waals surface area contributed by atoms with Gasteiger partial charge < -0.3 is 20.7 Å². The first-order valence-corrected chi connectivity index (χ1v) is 7.15. The van der Waals surface area contributed by atoms with Crippen LogP contribution in [0.3, 0.4) is 0 Å². The predicted octanol–water partition coefficient (Wildman–Crippen LogP) is 1.51. The number of aryl methyl sites for hydroxylation is 1. The van der Waals surface area contributed by atoms with E-state index in [0.29, 0.717) is 0 Å². The summed E-state index contributed by atoms with van der Waals surface area (Å²) in [7, 11) is 1.65. The second-order valence-electron chi connectivity index (χ2n) is 5.13. The molecule has 0 aliphatic carbocycles. The van der Waals surface area contributed by atoms with Crippen LogP contribution in [-0.2, 0) is 6.42 Å². The molecule has 19 heavy (non-hydrogen) atoms. The van der Waals surface area contributed by atoms with Crippen molar-refractivity contribution in [2.24, 2.45) is 0 Å². The Balaban J connectivity index is 1.77. The van der Waals surface area contributed by atoms with Gasteiger partial charge in [0.2, 0.25) is 0 Å². The molecule has 3 N–H and O–H groups in total. The zero-order chi connectivity index (χ0) is 13.5. The maximum atomic E-state index is 5.92. The average molecular weight is 263 g/mol. The fourth-order valence-corrected chi connectivity index (χ4v) is 2.57. The molecule has 1 saturated heterocycles.